The van der Waals surface area contributed by atoms with Gasteiger partial charge in [-0.15, -0.1) is 0 Å². The number of nitrogens with zero attached hydrogens (tertiary/aromatic N) is 3. The standard InChI is InChI=1S/C16H23N3O4/c1-2-23-16(21)13-4-3-5-18(11-13)12-14(10-17)15(20)19-6-8-22-9-7-19/h12-13H,2-9,11H2,1H3/b14-12-. The molecule has 1 atom stereocenters. The van der Waals surface area contributed by atoms with Crippen molar-refractivity contribution in [3.8, 4) is 6.07 Å². The lowest BCUT2D eigenvalue weighted by molar-refractivity contribution is -0.149. The molecule has 1 unspecified atom stereocenters. The molecule has 2 aliphatic rings. The van der Waals surface area contributed by atoms with Gasteiger partial charge in [-0.3, -0.25) is 9.59 Å². The summed E-state index contributed by atoms with van der Waals surface area (Å²) in [5, 5.41) is 9.30. The van der Waals surface area contributed by atoms with Crippen molar-refractivity contribution in [2.24, 2.45) is 5.92 Å². The number of carbonyl (C=O) groups is 2. The summed E-state index contributed by atoms with van der Waals surface area (Å²) >= 11 is 0. The van der Waals surface area contributed by atoms with Gasteiger partial charge in [0.05, 0.1) is 25.7 Å². The first-order chi connectivity index (χ1) is 11.2. The smallest absolute Gasteiger partial charge is 0.310 e. The monoisotopic (exact) mass is 321 g/mol. The fraction of sp³-hybridized carbons (Fsp3) is 0.688. The fourth-order valence-corrected chi connectivity index (χ4v) is 2.83. The van der Waals surface area contributed by atoms with Gasteiger partial charge < -0.3 is 19.3 Å². The number of ether oxygens (including phenoxy) is 2. The normalized spacial score (nSPS) is 22.4. The highest BCUT2D eigenvalue weighted by Crippen LogP contribution is 2.19. The van der Waals surface area contributed by atoms with Crippen LogP contribution in [0.15, 0.2) is 11.8 Å². The highest BCUT2D eigenvalue weighted by Gasteiger charge is 2.27. The van der Waals surface area contributed by atoms with E-state index in [9.17, 15) is 14.9 Å². The Morgan fingerprint density at radius 1 is 1.35 bits per heavy atom. The van der Waals surface area contributed by atoms with Crippen LogP contribution < -0.4 is 0 Å². The third-order valence-electron chi connectivity index (χ3n) is 4.03. The zero-order valence-corrected chi connectivity index (χ0v) is 13.5. The molecule has 0 aliphatic carbocycles. The lowest BCUT2D eigenvalue weighted by Crippen LogP contribution is -2.42. The van der Waals surface area contributed by atoms with Crippen LogP contribution in [0.3, 0.4) is 0 Å². The van der Waals surface area contributed by atoms with E-state index in [1.54, 1.807) is 18.0 Å². The molecule has 2 aliphatic heterocycles. The zero-order chi connectivity index (χ0) is 16.7. The summed E-state index contributed by atoms with van der Waals surface area (Å²) in [7, 11) is 0. The number of nitriles is 1. The molecule has 0 saturated carbocycles. The molecule has 1 amide bonds. The van der Waals surface area contributed by atoms with E-state index in [-0.39, 0.29) is 23.4 Å². The Morgan fingerprint density at radius 3 is 2.74 bits per heavy atom. The molecule has 2 fully saturated rings. The van der Waals surface area contributed by atoms with Gasteiger partial charge in [0.25, 0.3) is 5.91 Å². The molecule has 2 rings (SSSR count). The number of hydrogen-bond donors (Lipinski definition) is 0. The summed E-state index contributed by atoms with van der Waals surface area (Å²) in [6, 6.07) is 1.99. The Morgan fingerprint density at radius 2 is 2.09 bits per heavy atom. The predicted molar refractivity (Wildman–Crippen MR) is 82.0 cm³/mol. The molecule has 7 heteroatoms. The number of amides is 1. The molecule has 0 spiro atoms. The number of morpholine rings is 1. The highest BCUT2D eigenvalue weighted by atomic mass is 16.5. The third kappa shape index (κ3) is 4.70. The lowest BCUT2D eigenvalue weighted by atomic mass is 9.98. The van der Waals surface area contributed by atoms with Crippen LogP contribution in [0.1, 0.15) is 19.8 Å². The van der Waals surface area contributed by atoms with Crippen LogP contribution in [0.5, 0.6) is 0 Å². The SMILES string of the molecule is CCOC(=O)C1CCCN(/C=C(/C#N)C(=O)N2CCOCC2)C1. The molecule has 2 saturated heterocycles. The Bertz CT molecular complexity index is 506. The minimum Gasteiger partial charge on any atom is -0.466 e. The molecule has 0 aromatic heterocycles. The van der Waals surface area contributed by atoms with Crippen molar-refractivity contribution in [3.05, 3.63) is 11.8 Å². The van der Waals surface area contributed by atoms with E-state index in [4.69, 9.17) is 9.47 Å². The molecular weight excluding hydrogens is 298 g/mol. The second-order valence-electron chi connectivity index (χ2n) is 5.65. The summed E-state index contributed by atoms with van der Waals surface area (Å²) in [6.45, 7) is 5.37. The number of esters is 1. The molecule has 0 aromatic carbocycles. The van der Waals surface area contributed by atoms with Crippen LogP contribution in [0.25, 0.3) is 0 Å². The van der Waals surface area contributed by atoms with Crippen molar-refractivity contribution >= 4 is 11.9 Å². The molecule has 2 heterocycles. The van der Waals surface area contributed by atoms with E-state index in [1.807, 2.05) is 11.0 Å². The minimum absolute atomic E-state index is 0.108. The van der Waals surface area contributed by atoms with Crippen LogP contribution in [-0.2, 0) is 19.1 Å². The molecule has 0 N–H and O–H groups in total. The van der Waals surface area contributed by atoms with Gasteiger partial charge in [-0.05, 0) is 19.8 Å². The first-order valence-corrected chi connectivity index (χ1v) is 8.05. The maximum absolute atomic E-state index is 12.4. The Labute approximate surface area is 136 Å². The van der Waals surface area contributed by atoms with E-state index >= 15 is 0 Å². The quantitative estimate of drug-likeness (QED) is 0.427. The molecule has 7 nitrogen and oxygen atoms in total. The molecule has 23 heavy (non-hydrogen) atoms. The Hall–Kier alpha value is -2.07. The number of piperidine rings is 1. The van der Waals surface area contributed by atoms with Gasteiger partial charge in [-0.1, -0.05) is 0 Å². The maximum atomic E-state index is 12.4. The number of hydrogen-bond acceptors (Lipinski definition) is 6. The van der Waals surface area contributed by atoms with Gasteiger partial charge in [-0.25, -0.2) is 0 Å². The number of carbonyl (C=O) groups excluding carboxylic acids is 2. The number of rotatable bonds is 4. The summed E-state index contributed by atoms with van der Waals surface area (Å²) < 4.78 is 10.3. The van der Waals surface area contributed by atoms with Gasteiger partial charge in [0.15, 0.2) is 0 Å². The highest BCUT2D eigenvalue weighted by molar-refractivity contribution is 5.97. The summed E-state index contributed by atoms with van der Waals surface area (Å²) in [4.78, 5) is 27.7. The average molecular weight is 321 g/mol. The van der Waals surface area contributed by atoms with Crippen molar-refractivity contribution in [1.29, 1.82) is 5.26 Å². The Kier molecular flexibility index (Phi) is 6.41. The molecule has 0 bridgehead atoms. The van der Waals surface area contributed by atoms with Crippen molar-refractivity contribution in [3.63, 3.8) is 0 Å². The first kappa shape index (κ1) is 17.3. The predicted octanol–water partition coefficient (Wildman–Crippen LogP) is 0.528. The van der Waals surface area contributed by atoms with Crippen LogP contribution in [0.4, 0.5) is 0 Å². The summed E-state index contributed by atoms with van der Waals surface area (Å²) in [6.07, 6.45) is 3.20. The van der Waals surface area contributed by atoms with Crippen molar-refractivity contribution in [2.45, 2.75) is 19.8 Å². The summed E-state index contributed by atoms with van der Waals surface area (Å²) in [5.41, 5.74) is 0.108. The van der Waals surface area contributed by atoms with E-state index < -0.39 is 0 Å². The van der Waals surface area contributed by atoms with Gasteiger partial charge in [0.1, 0.15) is 11.6 Å². The topological polar surface area (TPSA) is 82.9 Å². The Balaban J connectivity index is 2.00. The fourth-order valence-electron chi connectivity index (χ4n) is 2.83. The summed E-state index contributed by atoms with van der Waals surface area (Å²) in [5.74, 6) is -0.670. The molecule has 126 valence electrons. The zero-order valence-electron chi connectivity index (χ0n) is 13.5. The minimum atomic E-state index is -0.269. The van der Waals surface area contributed by atoms with Gasteiger partial charge in [0.2, 0.25) is 0 Å². The van der Waals surface area contributed by atoms with E-state index in [2.05, 4.69) is 0 Å². The maximum Gasteiger partial charge on any atom is 0.310 e. The largest absolute Gasteiger partial charge is 0.466 e. The van der Waals surface area contributed by atoms with Gasteiger partial charge >= 0.3 is 5.97 Å². The van der Waals surface area contributed by atoms with Crippen LogP contribution >= 0.6 is 0 Å². The van der Waals surface area contributed by atoms with Gasteiger partial charge in [0, 0.05) is 32.4 Å². The first-order valence-electron chi connectivity index (χ1n) is 8.05. The van der Waals surface area contributed by atoms with Gasteiger partial charge in [-0.2, -0.15) is 5.26 Å². The van der Waals surface area contributed by atoms with Crippen LogP contribution in [0, 0.1) is 17.2 Å². The third-order valence-corrected chi connectivity index (χ3v) is 4.03. The van der Waals surface area contributed by atoms with E-state index in [1.165, 1.54) is 0 Å². The van der Waals surface area contributed by atoms with Crippen LogP contribution in [-0.4, -0.2) is 67.7 Å². The van der Waals surface area contributed by atoms with Crippen molar-refractivity contribution in [1.82, 2.24) is 9.80 Å². The molecular formula is C16H23N3O4. The molecule has 0 aromatic rings. The van der Waals surface area contributed by atoms with Crippen molar-refractivity contribution in [2.75, 3.05) is 46.0 Å². The van der Waals surface area contributed by atoms with Crippen molar-refractivity contribution < 1.29 is 19.1 Å². The average Bonchev–Trinajstić information content (AvgIpc) is 2.60. The van der Waals surface area contributed by atoms with E-state index in [0.29, 0.717) is 39.5 Å². The lowest BCUT2D eigenvalue weighted by Gasteiger charge is -2.31. The molecule has 0 radical (unpaired) electrons. The van der Waals surface area contributed by atoms with E-state index in [0.717, 1.165) is 19.4 Å². The number of likely N-dealkylation sites (tertiary alicyclic amines) is 1. The second kappa shape index (κ2) is 8.53. The second-order valence-corrected chi connectivity index (χ2v) is 5.65. The van der Waals surface area contributed by atoms with Crippen LogP contribution in [0.2, 0.25) is 0 Å².